The van der Waals surface area contributed by atoms with Gasteiger partial charge in [0.25, 0.3) is 6.01 Å². The summed E-state index contributed by atoms with van der Waals surface area (Å²) in [6.45, 7) is 5.06. The third-order valence-corrected chi connectivity index (χ3v) is 7.22. The van der Waals surface area contributed by atoms with E-state index in [0.29, 0.717) is 43.3 Å². The van der Waals surface area contributed by atoms with Gasteiger partial charge in [-0.25, -0.2) is 0 Å². The minimum Gasteiger partial charge on any atom is -0.481 e. The van der Waals surface area contributed by atoms with Crippen molar-refractivity contribution in [3.8, 4) is 0 Å². The van der Waals surface area contributed by atoms with E-state index in [1.165, 1.54) is 0 Å². The van der Waals surface area contributed by atoms with E-state index in [1.807, 2.05) is 74.5 Å². The monoisotopic (exact) mass is 513 g/mol. The Hall–Kier alpha value is -4.17. The first kappa shape index (κ1) is 25.5. The van der Waals surface area contributed by atoms with Gasteiger partial charge >= 0.3 is 5.97 Å². The van der Waals surface area contributed by atoms with Crippen LogP contribution in [0.5, 0.6) is 0 Å². The van der Waals surface area contributed by atoms with Crippen LogP contribution in [0.1, 0.15) is 41.5 Å². The first-order valence-electron chi connectivity index (χ1n) is 12.7. The third kappa shape index (κ3) is 5.55. The van der Waals surface area contributed by atoms with Crippen molar-refractivity contribution in [3.63, 3.8) is 0 Å². The molecule has 1 aromatic heterocycles. The molecule has 0 atom stereocenters. The molecule has 196 valence electrons. The number of hydrogen-bond acceptors (Lipinski definition) is 6. The average Bonchev–Trinajstić information content (AvgIpc) is 3.29. The van der Waals surface area contributed by atoms with Crippen molar-refractivity contribution in [2.45, 2.75) is 44.9 Å². The molecule has 0 bridgehead atoms. The van der Waals surface area contributed by atoms with E-state index < -0.39 is 11.4 Å². The number of benzene rings is 3. The Kier molecular flexibility index (Phi) is 7.15. The van der Waals surface area contributed by atoms with E-state index in [1.54, 1.807) is 0 Å². The summed E-state index contributed by atoms with van der Waals surface area (Å²) in [5.41, 5.74) is 6.32. The number of nitrogens with one attached hydrogen (secondary N) is 2. The fourth-order valence-corrected chi connectivity index (χ4v) is 5.17. The topological polar surface area (TPSA) is 114 Å². The number of carboxylic acids is 1. The number of aryl methyl sites for hydroxylation is 2. The van der Waals surface area contributed by atoms with Crippen LogP contribution in [0.3, 0.4) is 0 Å². The van der Waals surface area contributed by atoms with Gasteiger partial charge in [0.2, 0.25) is 5.91 Å². The fraction of sp³-hybridized carbons (Fsp3) is 0.300. The molecule has 38 heavy (non-hydrogen) atoms. The number of carbonyl (C=O) groups is 2. The van der Waals surface area contributed by atoms with E-state index >= 15 is 0 Å². The second kappa shape index (κ2) is 10.7. The molecule has 0 spiro atoms. The Bertz CT molecular complexity index is 1470. The lowest BCUT2D eigenvalue weighted by Gasteiger charge is -2.36. The normalized spacial score (nSPS) is 14.8. The van der Waals surface area contributed by atoms with E-state index in [0.717, 1.165) is 33.5 Å². The van der Waals surface area contributed by atoms with E-state index in [4.69, 9.17) is 9.15 Å². The fourth-order valence-electron chi connectivity index (χ4n) is 5.17. The molecule has 1 fully saturated rings. The SMILES string of the molecule is Cc1ccccc1Nc1nc2c(C)cc(CC(=O)Nc3ccc(C4(CC(=O)O)CCOCC4)cc3)cc2o1. The Balaban J connectivity index is 1.27. The molecular weight excluding hydrogens is 482 g/mol. The van der Waals surface area contributed by atoms with Crippen LogP contribution in [0.2, 0.25) is 0 Å². The second-order valence-corrected chi connectivity index (χ2v) is 9.98. The van der Waals surface area contributed by atoms with Crippen LogP contribution in [0, 0.1) is 13.8 Å². The van der Waals surface area contributed by atoms with Gasteiger partial charge in [0, 0.05) is 30.0 Å². The first-order chi connectivity index (χ1) is 18.3. The maximum atomic E-state index is 12.8. The molecule has 1 aliphatic heterocycles. The third-order valence-electron chi connectivity index (χ3n) is 7.22. The number of nitrogens with zero attached hydrogens (tertiary/aromatic N) is 1. The summed E-state index contributed by atoms with van der Waals surface area (Å²) in [4.78, 5) is 29.0. The van der Waals surface area contributed by atoms with E-state index in [9.17, 15) is 14.7 Å². The number of rotatable bonds is 8. The Morgan fingerprint density at radius 2 is 1.74 bits per heavy atom. The van der Waals surface area contributed by atoms with Crippen LogP contribution >= 0.6 is 0 Å². The number of anilines is 3. The lowest BCUT2D eigenvalue weighted by Crippen LogP contribution is -2.36. The largest absolute Gasteiger partial charge is 0.481 e. The number of fused-ring (bicyclic) bond motifs is 1. The van der Waals surface area contributed by atoms with E-state index in [2.05, 4.69) is 15.6 Å². The molecule has 8 heteroatoms. The summed E-state index contributed by atoms with van der Waals surface area (Å²) in [7, 11) is 0. The minimum atomic E-state index is -0.818. The molecule has 0 radical (unpaired) electrons. The Morgan fingerprint density at radius 1 is 1.00 bits per heavy atom. The average molecular weight is 514 g/mol. The van der Waals surface area contributed by atoms with Crippen molar-refractivity contribution in [1.29, 1.82) is 0 Å². The van der Waals surface area contributed by atoms with Crippen molar-refractivity contribution in [3.05, 3.63) is 82.9 Å². The zero-order valence-electron chi connectivity index (χ0n) is 21.5. The number of para-hydroxylation sites is 1. The summed E-state index contributed by atoms with van der Waals surface area (Å²) in [6, 6.07) is 19.6. The van der Waals surface area contributed by atoms with Crippen LogP contribution in [-0.4, -0.2) is 35.2 Å². The smallest absolute Gasteiger partial charge is 0.304 e. The molecule has 8 nitrogen and oxygen atoms in total. The predicted octanol–water partition coefficient (Wildman–Crippen LogP) is 5.89. The second-order valence-electron chi connectivity index (χ2n) is 9.98. The van der Waals surface area contributed by atoms with Gasteiger partial charge in [-0.05, 0) is 73.2 Å². The van der Waals surface area contributed by atoms with Gasteiger partial charge in [-0.15, -0.1) is 0 Å². The van der Waals surface area contributed by atoms with Crippen LogP contribution < -0.4 is 10.6 Å². The predicted molar refractivity (Wildman–Crippen MR) is 146 cm³/mol. The van der Waals surface area contributed by atoms with Gasteiger partial charge in [0.05, 0.1) is 12.8 Å². The molecule has 0 aliphatic carbocycles. The highest BCUT2D eigenvalue weighted by atomic mass is 16.5. The molecule has 5 rings (SSSR count). The zero-order valence-corrected chi connectivity index (χ0v) is 21.5. The van der Waals surface area contributed by atoms with Crippen LogP contribution in [0.4, 0.5) is 17.4 Å². The van der Waals surface area contributed by atoms with Crippen LogP contribution in [0.25, 0.3) is 11.1 Å². The zero-order chi connectivity index (χ0) is 26.7. The summed E-state index contributed by atoms with van der Waals surface area (Å²) in [6.07, 6.45) is 1.57. The molecular formula is C30H31N3O5. The van der Waals surface area contributed by atoms with Crippen molar-refractivity contribution in [1.82, 2.24) is 4.98 Å². The van der Waals surface area contributed by atoms with Gasteiger partial charge in [0.15, 0.2) is 5.58 Å². The van der Waals surface area contributed by atoms with Crippen molar-refractivity contribution in [2.75, 3.05) is 23.8 Å². The lowest BCUT2D eigenvalue weighted by molar-refractivity contribution is -0.139. The van der Waals surface area contributed by atoms with Crippen LogP contribution in [-0.2, 0) is 26.2 Å². The maximum Gasteiger partial charge on any atom is 0.304 e. The van der Waals surface area contributed by atoms with Gasteiger partial charge in [0.1, 0.15) is 5.52 Å². The standard InChI is InChI=1S/C30H31N3O5/c1-19-5-3-4-6-24(19)32-29-33-28-20(2)15-21(16-25(28)38-29)17-26(34)31-23-9-7-22(8-10-23)30(18-27(35)36)11-13-37-14-12-30/h3-10,15-16H,11-14,17-18H2,1-2H3,(H,31,34)(H,32,33)(H,35,36). The molecule has 2 heterocycles. The van der Waals surface area contributed by atoms with Crippen LogP contribution in [0.15, 0.2) is 65.1 Å². The Labute approximate surface area is 221 Å². The molecule has 0 saturated carbocycles. The number of aromatic nitrogens is 1. The summed E-state index contributed by atoms with van der Waals surface area (Å²) < 4.78 is 11.4. The quantitative estimate of drug-likeness (QED) is 0.269. The highest BCUT2D eigenvalue weighted by molar-refractivity contribution is 5.93. The number of aliphatic carboxylic acids is 1. The van der Waals surface area contributed by atoms with Crippen molar-refractivity contribution in [2.24, 2.45) is 0 Å². The summed E-state index contributed by atoms with van der Waals surface area (Å²) in [5, 5.41) is 15.6. The van der Waals surface area contributed by atoms with Gasteiger partial charge in [-0.2, -0.15) is 4.98 Å². The summed E-state index contributed by atoms with van der Waals surface area (Å²) >= 11 is 0. The minimum absolute atomic E-state index is 0.0632. The number of amides is 1. The van der Waals surface area contributed by atoms with Gasteiger partial charge in [-0.3, -0.25) is 9.59 Å². The molecule has 0 unspecified atom stereocenters. The first-order valence-corrected chi connectivity index (χ1v) is 12.7. The molecule has 3 N–H and O–H groups in total. The number of oxazole rings is 1. The maximum absolute atomic E-state index is 12.8. The van der Waals surface area contributed by atoms with Gasteiger partial charge < -0.3 is 24.9 Å². The number of carboxylic acid groups (broad SMARTS) is 1. The highest BCUT2D eigenvalue weighted by Crippen LogP contribution is 2.38. The molecule has 1 aliphatic rings. The number of carbonyl (C=O) groups excluding carboxylic acids is 1. The molecule has 1 amide bonds. The highest BCUT2D eigenvalue weighted by Gasteiger charge is 2.36. The number of hydrogen-bond donors (Lipinski definition) is 3. The van der Waals surface area contributed by atoms with E-state index in [-0.39, 0.29) is 18.7 Å². The molecule has 3 aromatic carbocycles. The molecule has 4 aromatic rings. The van der Waals surface area contributed by atoms with Crippen molar-refractivity contribution >= 4 is 40.4 Å². The number of ether oxygens (including phenoxy) is 1. The van der Waals surface area contributed by atoms with Crippen molar-refractivity contribution < 1.29 is 23.8 Å². The summed E-state index contributed by atoms with van der Waals surface area (Å²) in [5.74, 6) is -0.970. The molecule has 1 saturated heterocycles. The lowest BCUT2D eigenvalue weighted by atomic mass is 9.72. The van der Waals surface area contributed by atoms with Gasteiger partial charge in [-0.1, -0.05) is 36.4 Å². The Morgan fingerprint density at radius 3 is 2.45 bits per heavy atom.